The lowest BCUT2D eigenvalue weighted by Crippen LogP contribution is -1.98. The molecule has 2 aromatic heterocycles. The van der Waals surface area contributed by atoms with Crippen molar-refractivity contribution in [3.63, 3.8) is 0 Å². The summed E-state index contributed by atoms with van der Waals surface area (Å²) in [4.78, 5) is 8.65. The summed E-state index contributed by atoms with van der Waals surface area (Å²) in [5, 5.41) is 3.87. The second-order valence-electron chi connectivity index (χ2n) is 5.89. The zero-order valence-electron chi connectivity index (χ0n) is 14.8. The molecular weight excluding hydrogens is 462 g/mol. The van der Waals surface area contributed by atoms with Crippen LogP contribution in [0.3, 0.4) is 0 Å². The number of nitrogens with one attached hydrogen (secondary N) is 1. The van der Waals surface area contributed by atoms with Gasteiger partial charge in [0.2, 0.25) is 0 Å². The maximum Gasteiger partial charge on any atom is 0.151 e. The van der Waals surface area contributed by atoms with Crippen molar-refractivity contribution < 1.29 is 9.47 Å². The van der Waals surface area contributed by atoms with E-state index in [2.05, 4.69) is 31.2 Å². The van der Waals surface area contributed by atoms with E-state index in [1.807, 2.05) is 42.5 Å². The van der Waals surface area contributed by atoms with Crippen LogP contribution in [-0.2, 0) is 6.61 Å². The number of fused-ring (bicyclic) bond motifs is 1. The van der Waals surface area contributed by atoms with Gasteiger partial charge in [0.05, 0.1) is 26.1 Å². The van der Waals surface area contributed by atoms with E-state index in [0.717, 1.165) is 36.8 Å². The Hall–Kier alpha value is -2.35. The van der Waals surface area contributed by atoms with Gasteiger partial charge < -0.3 is 14.8 Å². The smallest absolute Gasteiger partial charge is 0.151 e. The van der Waals surface area contributed by atoms with Gasteiger partial charge in [-0.05, 0) is 51.8 Å². The predicted molar refractivity (Wildman–Crippen MR) is 117 cm³/mol. The minimum absolute atomic E-state index is 0.406. The average Bonchev–Trinajstić information content (AvgIpc) is 3.10. The second-order valence-corrected chi connectivity index (χ2v) is 8.73. The van der Waals surface area contributed by atoms with Crippen molar-refractivity contribution in [1.29, 1.82) is 0 Å². The van der Waals surface area contributed by atoms with Crippen molar-refractivity contribution >= 4 is 60.6 Å². The summed E-state index contributed by atoms with van der Waals surface area (Å²) in [6.45, 7) is 0.406. The van der Waals surface area contributed by atoms with E-state index in [0.29, 0.717) is 17.4 Å². The molecule has 0 atom stereocenters. The zero-order valence-corrected chi connectivity index (χ0v) is 17.9. The maximum absolute atomic E-state index is 6.31. The van der Waals surface area contributed by atoms with Gasteiger partial charge in [-0.1, -0.05) is 23.7 Å². The Bertz CT molecular complexity index is 1120. The third-order valence-electron chi connectivity index (χ3n) is 4.03. The van der Waals surface area contributed by atoms with Gasteiger partial charge in [0.15, 0.2) is 5.82 Å². The third kappa shape index (κ3) is 4.22. The lowest BCUT2D eigenvalue weighted by atomic mass is 10.2. The molecule has 0 fully saturated rings. The number of anilines is 2. The molecule has 4 rings (SSSR count). The monoisotopic (exact) mass is 475 g/mol. The molecule has 0 aliphatic heterocycles. The highest BCUT2D eigenvalue weighted by molar-refractivity contribution is 9.11. The molecule has 4 aromatic rings. The molecule has 8 heteroatoms. The Morgan fingerprint density at radius 2 is 1.93 bits per heavy atom. The van der Waals surface area contributed by atoms with Crippen LogP contribution in [-0.4, -0.2) is 17.1 Å². The van der Waals surface area contributed by atoms with Crippen LogP contribution in [0.5, 0.6) is 11.5 Å². The highest BCUT2D eigenvalue weighted by Gasteiger charge is 2.10. The highest BCUT2D eigenvalue weighted by atomic mass is 79.9. The maximum atomic E-state index is 6.31. The molecule has 5 nitrogen and oxygen atoms in total. The summed E-state index contributed by atoms with van der Waals surface area (Å²) in [5.74, 6) is 2.15. The van der Waals surface area contributed by atoms with Gasteiger partial charge in [0.25, 0.3) is 0 Å². The Morgan fingerprint density at radius 1 is 1.11 bits per heavy atom. The van der Waals surface area contributed by atoms with E-state index in [9.17, 15) is 0 Å². The van der Waals surface area contributed by atoms with E-state index in [1.165, 1.54) is 0 Å². The average molecular weight is 477 g/mol. The summed E-state index contributed by atoms with van der Waals surface area (Å²) in [7, 11) is 1.64. The lowest BCUT2D eigenvalue weighted by molar-refractivity contribution is 0.306. The largest absolute Gasteiger partial charge is 0.497 e. The van der Waals surface area contributed by atoms with E-state index >= 15 is 0 Å². The van der Waals surface area contributed by atoms with Crippen molar-refractivity contribution in [3.05, 3.63) is 69.2 Å². The van der Waals surface area contributed by atoms with Crippen molar-refractivity contribution in [2.24, 2.45) is 0 Å². The van der Waals surface area contributed by atoms with Crippen LogP contribution in [0.2, 0.25) is 5.02 Å². The Labute approximate surface area is 179 Å². The number of rotatable bonds is 6. The molecule has 28 heavy (non-hydrogen) atoms. The van der Waals surface area contributed by atoms with Gasteiger partial charge in [-0.15, -0.1) is 11.3 Å². The molecule has 0 bridgehead atoms. The molecule has 0 saturated carbocycles. The predicted octanol–water partition coefficient (Wildman–Crippen LogP) is 6.44. The van der Waals surface area contributed by atoms with Crippen molar-refractivity contribution in [2.45, 2.75) is 6.61 Å². The summed E-state index contributed by atoms with van der Waals surface area (Å²) >= 11 is 11.4. The minimum atomic E-state index is 0.406. The molecule has 2 heterocycles. The number of benzene rings is 2. The zero-order chi connectivity index (χ0) is 19.5. The van der Waals surface area contributed by atoms with Crippen LogP contribution in [0.1, 0.15) is 5.56 Å². The summed E-state index contributed by atoms with van der Waals surface area (Å²) in [5.41, 5.74) is 2.74. The molecule has 0 spiro atoms. The lowest BCUT2D eigenvalue weighted by Gasteiger charge is -2.12. The number of hydrogen-bond donors (Lipinski definition) is 1. The van der Waals surface area contributed by atoms with Crippen LogP contribution < -0.4 is 14.8 Å². The van der Waals surface area contributed by atoms with Crippen LogP contribution >= 0.6 is 38.9 Å². The molecule has 142 valence electrons. The van der Waals surface area contributed by atoms with E-state index in [-0.39, 0.29) is 0 Å². The molecule has 0 radical (unpaired) electrons. The minimum Gasteiger partial charge on any atom is -0.497 e. The fraction of sp³-hybridized carbons (Fsp3) is 0.100. The molecule has 0 saturated heterocycles. The van der Waals surface area contributed by atoms with Gasteiger partial charge in [0, 0.05) is 11.8 Å². The summed E-state index contributed by atoms with van der Waals surface area (Å²) in [6.07, 6.45) is 1.54. The number of aromatic nitrogens is 2. The van der Waals surface area contributed by atoms with Gasteiger partial charge in [-0.25, -0.2) is 9.97 Å². The van der Waals surface area contributed by atoms with Crippen LogP contribution in [0.4, 0.5) is 11.5 Å². The Kier molecular flexibility index (Phi) is 5.66. The topological polar surface area (TPSA) is 56.3 Å². The standard InChI is InChI=1S/C20H15BrClN3O2S/c1-26-14-5-2-12(3-6-14)10-27-17-8-13(4-7-15(17)22)25-20-19-16(23-11-24-20)9-18(21)28-19/h2-9,11H,10H2,1H3,(H,23,24,25). The molecule has 0 aliphatic rings. The third-order valence-corrected chi connectivity index (χ3v) is 5.97. The SMILES string of the molecule is COc1ccc(COc2cc(Nc3ncnc4cc(Br)sc34)ccc2Cl)cc1. The fourth-order valence-corrected chi connectivity index (χ4v) is 4.28. The highest BCUT2D eigenvalue weighted by Crippen LogP contribution is 2.35. The second kappa shape index (κ2) is 8.34. The number of methoxy groups -OCH3 is 1. The molecule has 0 unspecified atom stereocenters. The molecule has 0 aliphatic carbocycles. The fourth-order valence-electron chi connectivity index (χ4n) is 2.63. The van der Waals surface area contributed by atoms with E-state index in [1.54, 1.807) is 30.8 Å². The number of halogens is 2. The Morgan fingerprint density at radius 3 is 2.71 bits per heavy atom. The Balaban J connectivity index is 1.53. The first-order chi connectivity index (χ1) is 13.6. The van der Waals surface area contributed by atoms with Crippen molar-refractivity contribution in [1.82, 2.24) is 9.97 Å². The van der Waals surface area contributed by atoms with E-state index < -0.39 is 0 Å². The van der Waals surface area contributed by atoms with E-state index in [4.69, 9.17) is 21.1 Å². The number of ether oxygens (including phenoxy) is 2. The molecule has 1 N–H and O–H groups in total. The van der Waals surface area contributed by atoms with Crippen LogP contribution in [0, 0.1) is 0 Å². The first-order valence-corrected chi connectivity index (χ1v) is 10.3. The number of hydrogen-bond acceptors (Lipinski definition) is 6. The van der Waals surface area contributed by atoms with Gasteiger partial charge >= 0.3 is 0 Å². The first-order valence-electron chi connectivity index (χ1n) is 8.35. The van der Waals surface area contributed by atoms with Gasteiger partial charge in [0.1, 0.15) is 24.4 Å². The number of thiophene rings is 1. The first kappa shape index (κ1) is 19.0. The quantitative estimate of drug-likeness (QED) is 0.347. The number of nitrogens with zero attached hydrogens (tertiary/aromatic N) is 2. The van der Waals surface area contributed by atoms with Gasteiger partial charge in [-0.2, -0.15) is 0 Å². The summed E-state index contributed by atoms with van der Waals surface area (Å²) in [6, 6.07) is 15.2. The molecule has 0 amide bonds. The normalized spacial score (nSPS) is 10.8. The van der Waals surface area contributed by atoms with Crippen LogP contribution in [0.15, 0.2) is 58.6 Å². The summed E-state index contributed by atoms with van der Waals surface area (Å²) < 4.78 is 13.1. The van der Waals surface area contributed by atoms with Crippen molar-refractivity contribution in [3.8, 4) is 11.5 Å². The molecular formula is C20H15BrClN3O2S. The van der Waals surface area contributed by atoms with Gasteiger partial charge in [-0.3, -0.25) is 0 Å². The van der Waals surface area contributed by atoms with Crippen LogP contribution in [0.25, 0.3) is 10.2 Å². The van der Waals surface area contributed by atoms with Crippen molar-refractivity contribution in [2.75, 3.05) is 12.4 Å². The molecule has 2 aromatic carbocycles.